The van der Waals surface area contributed by atoms with Gasteiger partial charge in [-0.05, 0) is 42.9 Å². The molecule has 3 heterocycles. The first-order valence-electron chi connectivity index (χ1n) is 10.9. The van der Waals surface area contributed by atoms with Gasteiger partial charge in [0, 0.05) is 35.6 Å². The van der Waals surface area contributed by atoms with E-state index in [1.807, 2.05) is 12.1 Å². The SMILES string of the molecule is CCC[C@@H]1CN2CCc3c([nH]c4cccc(OC)c34)C2C[C@@H]1/C(=C\OC)C(=O)OC. The highest BCUT2D eigenvalue weighted by atomic mass is 16.5. The van der Waals surface area contributed by atoms with Crippen LogP contribution in [0.15, 0.2) is 30.0 Å². The van der Waals surface area contributed by atoms with E-state index in [-0.39, 0.29) is 17.9 Å². The quantitative estimate of drug-likeness (QED) is 0.437. The minimum atomic E-state index is -0.286. The van der Waals surface area contributed by atoms with E-state index in [0.29, 0.717) is 11.5 Å². The van der Waals surface area contributed by atoms with Gasteiger partial charge >= 0.3 is 5.97 Å². The van der Waals surface area contributed by atoms with Gasteiger partial charge in [-0.1, -0.05) is 19.4 Å². The molecule has 1 aromatic heterocycles. The zero-order chi connectivity index (χ0) is 21.3. The predicted molar refractivity (Wildman–Crippen MR) is 116 cm³/mol. The molecule has 1 aromatic carbocycles. The van der Waals surface area contributed by atoms with Crippen LogP contribution in [0.2, 0.25) is 0 Å². The Labute approximate surface area is 178 Å². The average molecular weight is 413 g/mol. The van der Waals surface area contributed by atoms with Gasteiger partial charge in [0.1, 0.15) is 5.75 Å². The van der Waals surface area contributed by atoms with Gasteiger partial charge in [-0.25, -0.2) is 4.79 Å². The van der Waals surface area contributed by atoms with Crippen LogP contribution in [0.25, 0.3) is 10.9 Å². The summed E-state index contributed by atoms with van der Waals surface area (Å²) in [6.45, 7) is 4.21. The molecule has 162 valence electrons. The molecule has 0 radical (unpaired) electrons. The fourth-order valence-corrected chi connectivity index (χ4v) is 5.53. The number of hydrogen-bond acceptors (Lipinski definition) is 5. The summed E-state index contributed by atoms with van der Waals surface area (Å²) in [7, 11) is 4.77. The van der Waals surface area contributed by atoms with Crippen molar-refractivity contribution >= 4 is 16.9 Å². The van der Waals surface area contributed by atoms with Crippen molar-refractivity contribution in [2.24, 2.45) is 11.8 Å². The second kappa shape index (κ2) is 8.72. The zero-order valence-electron chi connectivity index (χ0n) is 18.4. The first-order valence-corrected chi connectivity index (χ1v) is 10.9. The van der Waals surface area contributed by atoms with Gasteiger partial charge < -0.3 is 19.2 Å². The number of H-pyrrole nitrogens is 1. The van der Waals surface area contributed by atoms with E-state index in [9.17, 15) is 4.79 Å². The molecule has 6 heteroatoms. The normalized spacial score (nSPS) is 24.3. The topological polar surface area (TPSA) is 63.8 Å². The molecular weight excluding hydrogens is 380 g/mol. The molecular formula is C24H32N2O4. The molecule has 2 aromatic rings. The molecule has 0 aliphatic carbocycles. The summed E-state index contributed by atoms with van der Waals surface area (Å²) in [5.41, 5.74) is 4.39. The predicted octanol–water partition coefficient (Wildman–Crippen LogP) is 4.22. The van der Waals surface area contributed by atoms with Crippen LogP contribution in [-0.4, -0.2) is 50.3 Å². The van der Waals surface area contributed by atoms with Crippen molar-refractivity contribution in [2.45, 2.75) is 38.6 Å². The number of aromatic nitrogens is 1. The molecule has 4 rings (SSSR count). The lowest BCUT2D eigenvalue weighted by Gasteiger charge is -2.46. The Balaban J connectivity index is 1.75. The second-order valence-electron chi connectivity index (χ2n) is 8.35. The number of aromatic amines is 1. The molecule has 6 nitrogen and oxygen atoms in total. The van der Waals surface area contributed by atoms with Crippen LogP contribution in [0.1, 0.15) is 43.5 Å². The van der Waals surface area contributed by atoms with E-state index in [1.54, 1.807) is 20.5 Å². The van der Waals surface area contributed by atoms with Crippen LogP contribution in [0.4, 0.5) is 0 Å². The van der Waals surface area contributed by atoms with E-state index >= 15 is 0 Å². The van der Waals surface area contributed by atoms with E-state index in [2.05, 4.69) is 22.9 Å². The summed E-state index contributed by atoms with van der Waals surface area (Å²) in [5, 5.41) is 1.20. The Morgan fingerprint density at radius 3 is 2.83 bits per heavy atom. The van der Waals surface area contributed by atoms with Crippen molar-refractivity contribution in [1.29, 1.82) is 0 Å². The summed E-state index contributed by atoms with van der Waals surface area (Å²) in [6.07, 6.45) is 5.65. The fourth-order valence-electron chi connectivity index (χ4n) is 5.53. The number of carbonyl (C=O) groups is 1. The maximum atomic E-state index is 12.6. The first kappa shape index (κ1) is 20.8. The number of rotatable bonds is 6. The van der Waals surface area contributed by atoms with Crippen LogP contribution >= 0.6 is 0 Å². The molecule has 3 atom stereocenters. The molecule has 2 aliphatic heterocycles. The van der Waals surface area contributed by atoms with Crippen molar-refractivity contribution in [1.82, 2.24) is 9.88 Å². The number of esters is 1. The third kappa shape index (κ3) is 3.47. The second-order valence-corrected chi connectivity index (χ2v) is 8.35. The van der Waals surface area contributed by atoms with Gasteiger partial charge in [0.05, 0.1) is 39.2 Å². The zero-order valence-corrected chi connectivity index (χ0v) is 18.4. The van der Waals surface area contributed by atoms with Crippen LogP contribution in [0.3, 0.4) is 0 Å². The van der Waals surface area contributed by atoms with Crippen molar-refractivity contribution in [3.63, 3.8) is 0 Å². The fraction of sp³-hybridized carbons (Fsp3) is 0.542. The maximum absolute atomic E-state index is 12.6. The first-order chi connectivity index (χ1) is 14.6. The number of benzene rings is 1. The highest BCUT2D eigenvalue weighted by Gasteiger charge is 2.43. The van der Waals surface area contributed by atoms with Crippen LogP contribution < -0.4 is 4.74 Å². The lowest BCUT2D eigenvalue weighted by molar-refractivity contribution is -0.137. The van der Waals surface area contributed by atoms with E-state index in [1.165, 1.54) is 23.8 Å². The molecule has 0 spiro atoms. The van der Waals surface area contributed by atoms with Gasteiger partial charge in [0.2, 0.25) is 0 Å². The average Bonchev–Trinajstić information content (AvgIpc) is 3.16. The summed E-state index contributed by atoms with van der Waals surface area (Å²) in [6, 6.07) is 6.42. The molecule has 0 bridgehead atoms. The van der Waals surface area contributed by atoms with Gasteiger partial charge in [0.15, 0.2) is 0 Å². The Bertz CT molecular complexity index is 948. The number of carbonyl (C=O) groups excluding carboxylic acids is 1. The van der Waals surface area contributed by atoms with E-state index in [0.717, 1.165) is 50.0 Å². The van der Waals surface area contributed by atoms with E-state index < -0.39 is 0 Å². The number of ether oxygens (including phenoxy) is 3. The van der Waals surface area contributed by atoms with Crippen LogP contribution in [-0.2, 0) is 20.7 Å². The Morgan fingerprint density at radius 1 is 1.30 bits per heavy atom. The number of methoxy groups -OCH3 is 3. The summed E-state index contributed by atoms with van der Waals surface area (Å²) in [4.78, 5) is 18.8. The lowest BCUT2D eigenvalue weighted by atomic mass is 9.73. The number of nitrogens with zero attached hydrogens (tertiary/aromatic N) is 1. The lowest BCUT2D eigenvalue weighted by Crippen LogP contribution is -2.47. The number of hydrogen-bond donors (Lipinski definition) is 1. The summed E-state index contributed by atoms with van der Waals surface area (Å²) in [5.74, 6) is 1.15. The Hall–Kier alpha value is -2.47. The van der Waals surface area contributed by atoms with Crippen LogP contribution in [0.5, 0.6) is 5.75 Å². The Morgan fingerprint density at radius 2 is 2.13 bits per heavy atom. The third-order valence-electron chi connectivity index (χ3n) is 6.81. The minimum Gasteiger partial charge on any atom is -0.504 e. The van der Waals surface area contributed by atoms with Crippen LogP contribution in [0, 0.1) is 11.8 Å². The molecule has 1 fully saturated rings. The van der Waals surface area contributed by atoms with Gasteiger partial charge in [-0.15, -0.1) is 0 Å². The molecule has 2 aliphatic rings. The minimum absolute atomic E-state index is 0.109. The number of piperidine rings is 1. The largest absolute Gasteiger partial charge is 0.504 e. The summed E-state index contributed by atoms with van der Waals surface area (Å²) >= 11 is 0. The number of nitrogens with one attached hydrogen (secondary N) is 1. The summed E-state index contributed by atoms with van der Waals surface area (Å²) < 4.78 is 16.0. The maximum Gasteiger partial charge on any atom is 0.337 e. The van der Waals surface area contributed by atoms with Crippen molar-refractivity contribution in [3.05, 3.63) is 41.3 Å². The molecule has 1 unspecified atom stereocenters. The molecule has 0 amide bonds. The highest BCUT2D eigenvalue weighted by molar-refractivity contribution is 5.91. The standard InChI is InChI=1S/C24H32N2O4/c1-5-7-15-13-26-11-10-16-22-19(8-6-9-21(22)29-3)25-23(16)20(26)12-17(15)18(14-28-2)24(27)30-4/h6,8-9,14-15,17,20,25H,5,7,10-13H2,1-4H3/b18-14+/t15-,17+,20?/m1/s1. The smallest absolute Gasteiger partial charge is 0.337 e. The van der Waals surface area contributed by atoms with E-state index in [4.69, 9.17) is 14.2 Å². The highest BCUT2D eigenvalue weighted by Crippen LogP contribution is 2.47. The number of fused-ring (bicyclic) bond motifs is 5. The van der Waals surface area contributed by atoms with Crippen molar-refractivity contribution in [2.75, 3.05) is 34.4 Å². The molecule has 30 heavy (non-hydrogen) atoms. The molecule has 0 saturated carbocycles. The monoisotopic (exact) mass is 412 g/mol. The van der Waals surface area contributed by atoms with Gasteiger partial charge in [-0.3, -0.25) is 4.90 Å². The Kier molecular flexibility index (Phi) is 6.04. The third-order valence-corrected chi connectivity index (χ3v) is 6.81. The molecule has 1 N–H and O–H groups in total. The van der Waals surface area contributed by atoms with Crippen molar-refractivity contribution in [3.8, 4) is 5.75 Å². The van der Waals surface area contributed by atoms with Gasteiger partial charge in [0.25, 0.3) is 0 Å². The molecule has 1 saturated heterocycles. The van der Waals surface area contributed by atoms with Gasteiger partial charge in [-0.2, -0.15) is 0 Å². The van der Waals surface area contributed by atoms with Crippen molar-refractivity contribution < 1.29 is 19.0 Å².